The molecule has 3 nitrogen and oxygen atoms in total. The molecule has 1 amide bonds. The van der Waals surface area contributed by atoms with Gasteiger partial charge in [0.05, 0.1) is 5.69 Å². The molecule has 2 aromatic carbocycles. The third-order valence-corrected chi connectivity index (χ3v) is 5.46. The average Bonchev–Trinajstić information content (AvgIpc) is 2.91. The molecule has 0 saturated carbocycles. The molecule has 1 aliphatic rings. The standard InChI is InChI=1S/C19H15FN2OS/c1-22-17-15-8-3-2-5-12(15)9-10-16(17)24-19(22)21-18(23)13-6-4-7-14(20)11-13/h2-8,11H,9-10H2,1H3. The molecule has 0 atom stereocenters. The zero-order valence-corrected chi connectivity index (χ0v) is 13.9. The number of fused-ring (bicyclic) bond motifs is 3. The summed E-state index contributed by atoms with van der Waals surface area (Å²) in [7, 11) is 1.93. The number of nitrogens with zero attached hydrogens (tertiary/aromatic N) is 2. The maximum absolute atomic E-state index is 13.3. The zero-order valence-electron chi connectivity index (χ0n) is 13.1. The molecular weight excluding hydrogens is 323 g/mol. The average molecular weight is 338 g/mol. The van der Waals surface area contributed by atoms with Crippen molar-refractivity contribution in [3.8, 4) is 11.3 Å². The van der Waals surface area contributed by atoms with Crippen LogP contribution in [0.2, 0.25) is 0 Å². The topological polar surface area (TPSA) is 34.4 Å². The summed E-state index contributed by atoms with van der Waals surface area (Å²) >= 11 is 1.53. The number of carbonyl (C=O) groups excluding carboxylic acids is 1. The molecule has 1 heterocycles. The summed E-state index contributed by atoms with van der Waals surface area (Å²) in [6, 6.07) is 14.0. The van der Waals surface area contributed by atoms with Crippen LogP contribution in [-0.4, -0.2) is 10.5 Å². The third kappa shape index (κ3) is 2.51. The Morgan fingerprint density at radius 3 is 2.83 bits per heavy atom. The molecule has 0 N–H and O–H groups in total. The first-order valence-electron chi connectivity index (χ1n) is 7.75. The van der Waals surface area contributed by atoms with Crippen molar-refractivity contribution in [2.45, 2.75) is 12.8 Å². The van der Waals surface area contributed by atoms with Gasteiger partial charge in [-0.3, -0.25) is 4.79 Å². The summed E-state index contributed by atoms with van der Waals surface area (Å²) < 4.78 is 15.3. The second kappa shape index (κ2) is 5.83. The van der Waals surface area contributed by atoms with E-state index in [1.807, 2.05) is 17.7 Å². The first-order valence-corrected chi connectivity index (χ1v) is 8.57. The van der Waals surface area contributed by atoms with Gasteiger partial charge in [0.15, 0.2) is 4.80 Å². The minimum Gasteiger partial charge on any atom is -0.319 e. The molecule has 120 valence electrons. The Labute approximate surface area is 142 Å². The van der Waals surface area contributed by atoms with Crippen LogP contribution in [0.15, 0.2) is 53.5 Å². The molecule has 4 rings (SSSR count). The Balaban J connectivity index is 1.82. The summed E-state index contributed by atoms with van der Waals surface area (Å²) in [5.74, 6) is -0.850. The zero-order chi connectivity index (χ0) is 16.7. The number of hydrogen-bond acceptors (Lipinski definition) is 2. The van der Waals surface area contributed by atoms with E-state index >= 15 is 0 Å². The minimum absolute atomic E-state index is 0.266. The van der Waals surface area contributed by atoms with Crippen molar-refractivity contribution >= 4 is 17.2 Å². The second-order valence-electron chi connectivity index (χ2n) is 5.80. The molecule has 0 bridgehead atoms. The van der Waals surface area contributed by atoms with E-state index in [1.54, 1.807) is 6.07 Å². The van der Waals surface area contributed by atoms with Crippen LogP contribution >= 0.6 is 11.3 Å². The lowest BCUT2D eigenvalue weighted by Gasteiger charge is -2.16. The van der Waals surface area contributed by atoms with Crippen LogP contribution in [-0.2, 0) is 19.9 Å². The van der Waals surface area contributed by atoms with Gasteiger partial charge in [-0.2, -0.15) is 4.99 Å². The van der Waals surface area contributed by atoms with Gasteiger partial charge in [-0.1, -0.05) is 30.3 Å². The number of aryl methyl sites for hydroxylation is 2. The predicted octanol–water partition coefficient (Wildman–Crippen LogP) is 3.73. The molecule has 1 aliphatic carbocycles. The van der Waals surface area contributed by atoms with E-state index in [1.165, 1.54) is 45.5 Å². The molecule has 24 heavy (non-hydrogen) atoms. The van der Waals surface area contributed by atoms with E-state index in [9.17, 15) is 9.18 Å². The summed E-state index contributed by atoms with van der Waals surface area (Å²) in [4.78, 5) is 18.4. The van der Waals surface area contributed by atoms with Crippen LogP contribution in [0.25, 0.3) is 11.3 Å². The number of carbonyl (C=O) groups is 1. The number of benzene rings is 2. The van der Waals surface area contributed by atoms with Gasteiger partial charge in [0.2, 0.25) is 0 Å². The highest BCUT2D eigenvalue weighted by Gasteiger charge is 2.21. The molecular formula is C19H15FN2OS. The van der Waals surface area contributed by atoms with Crippen molar-refractivity contribution in [1.82, 2.24) is 4.57 Å². The highest BCUT2D eigenvalue weighted by Crippen LogP contribution is 2.34. The number of aromatic nitrogens is 1. The maximum Gasteiger partial charge on any atom is 0.279 e. The Bertz CT molecular complexity index is 1020. The Hall–Kier alpha value is -2.53. The SMILES string of the molecule is Cn1c2c(sc1=NC(=O)c1cccc(F)c1)CCc1ccccc1-2. The lowest BCUT2D eigenvalue weighted by molar-refractivity contribution is 0.0997. The Kier molecular flexibility index (Phi) is 3.65. The summed E-state index contributed by atoms with van der Waals surface area (Å²) in [5, 5.41) is 0. The molecule has 0 unspecified atom stereocenters. The van der Waals surface area contributed by atoms with Crippen LogP contribution in [0.1, 0.15) is 20.8 Å². The van der Waals surface area contributed by atoms with Gasteiger partial charge in [-0.05, 0) is 36.6 Å². The lowest BCUT2D eigenvalue weighted by Crippen LogP contribution is -2.15. The van der Waals surface area contributed by atoms with E-state index in [-0.39, 0.29) is 5.56 Å². The number of amides is 1. The van der Waals surface area contributed by atoms with Gasteiger partial charge >= 0.3 is 0 Å². The Morgan fingerprint density at radius 1 is 1.17 bits per heavy atom. The van der Waals surface area contributed by atoms with Crippen LogP contribution in [0.3, 0.4) is 0 Å². The van der Waals surface area contributed by atoms with Crippen molar-refractivity contribution in [3.63, 3.8) is 0 Å². The summed E-state index contributed by atoms with van der Waals surface area (Å²) in [6.07, 6.45) is 1.95. The third-order valence-electron chi connectivity index (χ3n) is 4.26. The van der Waals surface area contributed by atoms with Gasteiger partial charge in [0.25, 0.3) is 5.91 Å². The van der Waals surface area contributed by atoms with Crippen molar-refractivity contribution in [1.29, 1.82) is 0 Å². The van der Waals surface area contributed by atoms with E-state index in [0.717, 1.165) is 18.5 Å². The fraction of sp³-hybridized carbons (Fsp3) is 0.158. The molecule has 0 saturated heterocycles. The largest absolute Gasteiger partial charge is 0.319 e. The molecule has 0 fully saturated rings. The molecule has 5 heteroatoms. The highest BCUT2D eigenvalue weighted by molar-refractivity contribution is 7.09. The van der Waals surface area contributed by atoms with Crippen molar-refractivity contribution in [2.75, 3.05) is 0 Å². The number of rotatable bonds is 1. The fourth-order valence-electron chi connectivity index (χ4n) is 3.10. The molecule has 3 aromatic rings. The van der Waals surface area contributed by atoms with Crippen LogP contribution in [0, 0.1) is 5.82 Å². The molecule has 0 aliphatic heterocycles. The fourth-order valence-corrected chi connectivity index (χ4v) is 4.22. The highest BCUT2D eigenvalue weighted by atomic mass is 32.1. The van der Waals surface area contributed by atoms with Gasteiger partial charge in [0, 0.05) is 23.1 Å². The van der Waals surface area contributed by atoms with E-state index in [4.69, 9.17) is 0 Å². The predicted molar refractivity (Wildman–Crippen MR) is 92.4 cm³/mol. The van der Waals surface area contributed by atoms with Crippen molar-refractivity contribution in [2.24, 2.45) is 12.0 Å². The maximum atomic E-state index is 13.3. The van der Waals surface area contributed by atoms with Gasteiger partial charge < -0.3 is 4.57 Å². The van der Waals surface area contributed by atoms with Crippen molar-refractivity contribution < 1.29 is 9.18 Å². The summed E-state index contributed by atoms with van der Waals surface area (Å²) in [6.45, 7) is 0. The number of halogens is 1. The van der Waals surface area contributed by atoms with Crippen molar-refractivity contribution in [3.05, 3.63) is 75.2 Å². The lowest BCUT2D eigenvalue weighted by atomic mass is 9.93. The normalized spacial score (nSPS) is 13.5. The second-order valence-corrected chi connectivity index (χ2v) is 6.86. The van der Waals surface area contributed by atoms with Gasteiger partial charge in [-0.15, -0.1) is 11.3 Å². The van der Waals surface area contributed by atoms with Gasteiger partial charge in [0.1, 0.15) is 5.82 Å². The van der Waals surface area contributed by atoms with E-state index < -0.39 is 11.7 Å². The molecule has 0 spiro atoms. The smallest absolute Gasteiger partial charge is 0.279 e. The first-order chi connectivity index (χ1) is 11.6. The molecule has 1 aromatic heterocycles. The number of thiazole rings is 1. The minimum atomic E-state index is -0.431. The van der Waals surface area contributed by atoms with E-state index in [2.05, 4.69) is 23.2 Å². The van der Waals surface area contributed by atoms with Crippen LogP contribution in [0.4, 0.5) is 4.39 Å². The van der Waals surface area contributed by atoms with Crippen LogP contribution < -0.4 is 4.80 Å². The molecule has 0 radical (unpaired) electrons. The quantitative estimate of drug-likeness (QED) is 0.666. The van der Waals surface area contributed by atoms with Crippen LogP contribution in [0.5, 0.6) is 0 Å². The van der Waals surface area contributed by atoms with E-state index in [0.29, 0.717) is 4.80 Å². The Morgan fingerprint density at radius 2 is 2.00 bits per heavy atom. The number of hydrogen-bond donors (Lipinski definition) is 0. The first kappa shape index (κ1) is 15.0. The van der Waals surface area contributed by atoms with Gasteiger partial charge in [-0.25, -0.2) is 4.39 Å². The monoisotopic (exact) mass is 338 g/mol. The summed E-state index contributed by atoms with van der Waals surface area (Å²) in [5.41, 5.74) is 3.92.